The van der Waals surface area contributed by atoms with Crippen LogP contribution >= 0.6 is 0 Å². The van der Waals surface area contributed by atoms with Crippen LogP contribution in [0.15, 0.2) is 47.4 Å². The van der Waals surface area contributed by atoms with Gasteiger partial charge in [-0.15, -0.1) is 0 Å². The molecule has 1 saturated carbocycles. The molecule has 0 N–H and O–H groups in total. The van der Waals surface area contributed by atoms with Gasteiger partial charge < -0.3 is 33.3 Å². The monoisotopic (exact) mass is 655 g/mol. The number of benzene rings is 2. The molecule has 2 aromatic carbocycles. The highest BCUT2D eigenvalue weighted by Crippen LogP contribution is 2.40. The summed E-state index contributed by atoms with van der Waals surface area (Å²) in [7, 11) is 0. The van der Waals surface area contributed by atoms with Crippen LogP contribution in [0.4, 0.5) is 18.4 Å². The molecule has 252 valence electrons. The molecule has 1 aliphatic heterocycles. The number of pyridine rings is 1. The van der Waals surface area contributed by atoms with Crippen LogP contribution in [0.5, 0.6) is 5.75 Å². The van der Waals surface area contributed by atoms with E-state index in [-0.39, 0.29) is 68.4 Å². The van der Waals surface area contributed by atoms with Crippen LogP contribution in [-0.4, -0.2) is 77.0 Å². The first kappa shape index (κ1) is 33.7. The minimum Gasteiger partial charge on any atom is -0.488 e. The molecule has 2 aliphatic rings. The molecular formula is C34H39F2N3O8. The number of ether oxygens (including phenoxy) is 4. The third kappa shape index (κ3) is 7.83. The Bertz CT molecular complexity index is 1700. The SMILES string of the molecule is CCOC(=O)c1cn(C2CC2)c2c(OCCC3CN(C(=O)OC(C)(C)C)CCN3C(=O)OCc3ccccc3)c(F)c(F)cc2c1=O. The lowest BCUT2D eigenvalue weighted by molar-refractivity contribution is -0.00142. The zero-order valence-electron chi connectivity index (χ0n) is 26.9. The molecule has 0 bridgehead atoms. The van der Waals surface area contributed by atoms with E-state index in [4.69, 9.17) is 18.9 Å². The summed E-state index contributed by atoms with van der Waals surface area (Å²) >= 11 is 0. The Morgan fingerprint density at radius 1 is 1.00 bits per heavy atom. The van der Waals surface area contributed by atoms with Gasteiger partial charge in [-0.3, -0.25) is 4.79 Å². The van der Waals surface area contributed by atoms with Crippen molar-refractivity contribution < 1.29 is 42.1 Å². The van der Waals surface area contributed by atoms with Crippen LogP contribution < -0.4 is 10.2 Å². The molecule has 1 aromatic heterocycles. The zero-order chi connectivity index (χ0) is 33.9. The van der Waals surface area contributed by atoms with Crippen molar-refractivity contribution in [1.82, 2.24) is 14.4 Å². The maximum absolute atomic E-state index is 15.4. The van der Waals surface area contributed by atoms with E-state index in [2.05, 4.69) is 0 Å². The fourth-order valence-corrected chi connectivity index (χ4v) is 5.49. The average Bonchev–Trinajstić information content (AvgIpc) is 3.87. The van der Waals surface area contributed by atoms with Crippen molar-refractivity contribution in [1.29, 1.82) is 0 Å². The van der Waals surface area contributed by atoms with E-state index < -0.39 is 52.6 Å². The summed E-state index contributed by atoms with van der Waals surface area (Å²) in [5.41, 5.74) is -0.983. The quantitative estimate of drug-likeness (QED) is 0.209. The molecule has 0 radical (unpaired) electrons. The number of fused-ring (bicyclic) bond motifs is 1. The molecule has 2 heterocycles. The molecule has 1 unspecified atom stereocenters. The van der Waals surface area contributed by atoms with Gasteiger partial charge in [0.2, 0.25) is 11.2 Å². The first-order valence-electron chi connectivity index (χ1n) is 15.7. The minimum atomic E-state index is -1.31. The average molecular weight is 656 g/mol. The fourth-order valence-electron chi connectivity index (χ4n) is 5.49. The van der Waals surface area contributed by atoms with Crippen molar-refractivity contribution in [2.75, 3.05) is 32.8 Å². The third-order valence-corrected chi connectivity index (χ3v) is 7.87. The predicted octanol–water partition coefficient (Wildman–Crippen LogP) is 5.82. The summed E-state index contributed by atoms with van der Waals surface area (Å²) < 4.78 is 53.9. The van der Waals surface area contributed by atoms with Gasteiger partial charge in [0.25, 0.3) is 0 Å². The number of esters is 1. The Kier molecular flexibility index (Phi) is 10.0. The lowest BCUT2D eigenvalue weighted by atomic mass is 10.1. The lowest BCUT2D eigenvalue weighted by Crippen LogP contribution is -2.57. The highest BCUT2D eigenvalue weighted by Gasteiger charge is 2.36. The van der Waals surface area contributed by atoms with Crippen molar-refractivity contribution in [3.8, 4) is 5.75 Å². The summed E-state index contributed by atoms with van der Waals surface area (Å²) in [6.45, 7) is 7.16. The third-order valence-electron chi connectivity index (χ3n) is 7.87. The fraction of sp³-hybridized carbons (Fsp3) is 0.471. The Morgan fingerprint density at radius 3 is 2.38 bits per heavy atom. The van der Waals surface area contributed by atoms with Gasteiger partial charge in [0.15, 0.2) is 11.6 Å². The maximum Gasteiger partial charge on any atom is 0.410 e. The molecule has 2 fully saturated rings. The second-order valence-corrected chi connectivity index (χ2v) is 12.6. The largest absolute Gasteiger partial charge is 0.488 e. The minimum absolute atomic E-state index is 0.0302. The van der Waals surface area contributed by atoms with Crippen LogP contribution in [0.2, 0.25) is 0 Å². The van der Waals surface area contributed by atoms with Crippen LogP contribution in [-0.2, 0) is 20.8 Å². The molecule has 2 amide bonds. The van der Waals surface area contributed by atoms with E-state index >= 15 is 4.39 Å². The van der Waals surface area contributed by atoms with Crippen LogP contribution in [0.1, 0.15) is 68.9 Å². The van der Waals surface area contributed by atoms with Gasteiger partial charge in [-0.2, -0.15) is 4.39 Å². The summed E-state index contributed by atoms with van der Waals surface area (Å²) in [5.74, 6) is -3.93. The number of hydrogen-bond donors (Lipinski definition) is 0. The summed E-state index contributed by atoms with van der Waals surface area (Å²) in [6.07, 6.45) is 1.69. The Labute approximate surface area is 270 Å². The van der Waals surface area contributed by atoms with E-state index in [1.54, 1.807) is 32.3 Å². The highest BCUT2D eigenvalue weighted by atomic mass is 19.2. The molecule has 0 spiro atoms. The molecule has 11 nitrogen and oxygen atoms in total. The molecule has 13 heteroatoms. The number of carbonyl (C=O) groups excluding carboxylic acids is 3. The van der Waals surface area contributed by atoms with E-state index in [9.17, 15) is 23.6 Å². The number of nitrogens with zero attached hydrogens (tertiary/aromatic N) is 3. The highest BCUT2D eigenvalue weighted by molar-refractivity contribution is 5.95. The number of aromatic nitrogens is 1. The van der Waals surface area contributed by atoms with Gasteiger partial charge in [-0.1, -0.05) is 30.3 Å². The first-order chi connectivity index (χ1) is 22.4. The van der Waals surface area contributed by atoms with Crippen molar-refractivity contribution in [3.63, 3.8) is 0 Å². The first-order valence-corrected chi connectivity index (χ1v) is 15.7. The second kappa shape index (κ2) is 14.0. The number of hydrogen-bond acceptors (Lipinski definition) is 8. The topological polar surface area (TPSA) is 117 Å². The molecule has 3 aromatic rings. The van der Waals surface area contributed by atoms with Gasteiger partial charge in [-0.25, -0.2) is 18.8 Å². The Morgan fingerprint density at radius 2 is 1.72 bits per heavy atom. The molecule has 1 aliphatic carbocycles. The van der Waals surface area contributed by atoms with Crippen molar-refractivity contribution >= 4 is 29.1 Å². The number of piperazine rings is 1. The Hall–Kier alpha value is -4.68. The van der Waals surface area contributed by atoms with Crippen LogP contribution in [0.25, 0.3) is 10.9 Å². The molecular weight excluding hydrogens is 616 g/mol. The number of amides is 2. The summed E-state index contributed by atoms with van der Waals surface area (Å²) in [4.78, 5) is 54.9. The van der Waals surface area contributed by atoms with Crippen molar-refractivity contribution in [2.45, 2.75) is 71.2 Å². The zero-order valence-corrected chi connectivity index (χ0v) is 26.9. The molecule has 47 heavy (non-hydrogen) atoms. The number of rotatable bonds is 9. The van der Waals surface area contributed by atoms with Gasteiger partial charge >= 0.3 is 18.2 Å². The summed E-state index contributed by atoms with van der Waals surface area (Å²) in [6, 6.07) is 9.17. The number of halogens is 2. The van der Waals surface area contributed by atoms with Crippen molar-refractivity contribution in [2.24, 2.45) is 0 Å². The van der Waals surface area contributed by atoms with E-state index in [1.807, 2.05) is 30.3 Å². The van der Waals surface area contributed by atoms with Gasteiger partial charge in [0.05, 0.1) is 30.2 Å². The van der Waals surface area contributed by atoms with Crippen molar-refractivity contribution in [3.05, 3.63) is 75.6 Å². The predicted molar refractivity (Wildman–Crippen MR) is 167 cm³/mol. The standard InChI is InChI=1S/C34H39F2N3O8/c1-5-44-31(41)25-19-39(22-11-12-22)28-24(29(25)40)17-26(35)27(36)30(28)45-16-13-23-18-37(32(42)47-34(2,3)4)14-15-38(23)33(43)46-20-21-9-7-6-8-10-21/h6-10,17,19,22-23H,5,11-16,18,20H2,1-4H3. The van der Waals surface area contributed by atoms with E-state index in [1.165, 1.54) is 16.0 Å². The Balaban J connectivity index is 1.40. The van der Waals surface area contributed by atoms with Gasteiger partial charge in [0.1, 0.15) is 17.8 Å². The molecule has 1 atom stereocenters. The lowest BCUT2D eigenvalue weighted by Gasteiger charge is -2.41. The van der Waals surface area contributed by atoms with Gasteiger partial charge in [0, 0.05) is 38.3 Å². The normalized spacial score (nSPS) is 16.6. The van der Waals surface area contributed by atoms with E-state index in [0.717, 1.165) is 11.6 Å². The van der Waals surface area contributed by atoms with Crippen LogP contribution in [0.3, 0.4) is 0 Å². The van der Waals surface area contributed by atoms with E-state index in [0.29, 0.717) is 12.8 Å². The molecule has 1 saturated heterocycles. The number of carbonyl (C=O) groups is 3. The molecule has 5 rings (SSSR count). The van der Waals surface area contributed by atoms with Crippen LogP contribution in [0, 0.1) is 11.6 Å². The smallest absolute Gasteiger partial charge is 0.410 e. The second-order valence-electron chi connectivity index (χ2n) is 12.6. The van der Waals surface area contributed by atoms with Gasteiger partial charge in [-0.05, 0) is 52.2 Å². The summed E-state index contributed by atoms with van der Waals surface area (Å²) in [5, 5.41) is -0.212. The maximum atomic E-state index is 15.4.